The van der Waals surface area contributed by atoms with Crippen LogP contribution < -0.4 is 4.74 Å². The number of rotatable bonds is 10. The van der Waals surface area contributed by atoms with E-state index in [-0.39, 0.29) is 0 Å². The van der Waals surface area contributed by atoms with E-state index in [1.165, 1.54) is 24.0 Å². The summed E-state index contributed by atoms with van der Waals surface area (Å²) in [6.45, 7) is 4.91. The van der Waals surface area contributed by atoms with Gasteiger partial charge in [0.2, 0.25) is 0 Å². The molecule has 0 atom stereocenters. The number of benzene rings is 2. The molecule has 3 aromatic rings. The Hall–Kier alpha value is -2.59. The second kappa shape index (κ2) is 9.93. The van der Waals surface area contributed by atoms with Crippen LogP contribution in [0.3, 0.4) is 0 Å². The lowest BCUT2D eigenvalue weighted by Gasteiger charge is -2.16. The third kappa shape index (κ3) is 5.69. The maximum atomic E-state index is 5.89. The Kier molecular flexibility index (Phi) is 7.05. The Bertz CT molecular complexity index is 796. The highest BCUT2D eigenvalue weighted by Crippen LogP contribution is 2.24. The Labute approximate surface area is 162 Å². The molecule has 0 spiro atoms. The van der Waals surface area contributed by atoms with Gasteiger partial charge in [0, 0.05) is 24.1 Å². The molecule has 1 aromatic heterocycles. The van der Waals surface area contributed by atoms with Crippen LogP contribution in [0.1, 0.15) is 30.9 Å². The van der Waals surface area contributed by atoms with Gasteiger partial charge >= 0.3 is 0 Å². The average molecular weight is 364 g/mol. The number of nitrogens with zero attached hydrogens (tertiary/aromatic N) is 2. The van der Waals surface area contributed by atoms with Gasteiger partial charge in [-0.05, 0) is 49.8 Å². The Morgan fingerprint density at radius 3 is 2.56 bits per heavy atom. The predicted molar refractivity (Wildman–Crippen MR) is 111 cm³/mol. The van der Waals surface area contributed by atoms with E-state index >= 15 is 0 Å². The maximum absolute atomic E-state index is 5.89. The van der Waals surface area contributed by atoms with Crippen molar-refractivity contribution in [2.45, 2.75) is 32.7 Å². The van der Waals surface area contributed by atoms with Crippen molar-refractivity contribution < 1.29 is 4.74 Å². The van der Waals surface area contributed by atoms with Gasteiger partial charge in [-0.2, -0.15) is 5.10 Å². The maximum Gasteiger partial charge on any atom is 0.119 e. The second-order valence-electron chi connectivity index (χ2n) is 6.97. The van der Waals surface area contributed by atoms with E-state index < -0.39 is 0 Å². The number of nitrogens with one attached hydrogen (secondary N) is 1. The first-order valence-electron chi connectivity index (χ1n) is 9.74. The molecule has 0 aliphatic heterocycles. The summed E-state index contributed by atoms with van der Waals surface area (Å²) in [6.07, 6.45) is 5.28. The van der Waals surface area contributed by atoms with Gasteiger partial charge in [-0.3, -0.25) is 5.10 Å². The van der Waals surface area contributed by atoms with Crippen molar-refractivity contribution in [3.05, 3.63) is 71.9 Å². The monoisotopic (exact) mass is 363 g/mol. The molecule has 0 aliphatic carbocycles. The molecular formula is C23H29N3O. The van der Waals surface area contributed by atoms with Crippen LogP contribution in [0.2, 0.25) is 0 Å². The number of aromatic nitrogens is 2. The molecule has 2 aromatic carbocycles. The summed E-state index contributed by atoms with van der Waals surface area (Å²) in [6, 6.07) is 18.7. The molecule has 142 valence electrons. The summed E-state index contributed by atoms with van der Waals surface area (Å²) >= 11 is 0. The van der Waals surface area contributed by atoms with Crippen molar-refractivity contribution in [3.8, 4) is 17.0 Å². The normalized spacial score (nSPS) is 11.1. The van der Waals surface area contributed by atoms with Gasteiger partial charge in [-0.25, -0.2) is 0 Å². The van der Waals surface area contributed by atoms with Crippen LogP contribution in [0.5, 0.6) is 5.75 Å². The molecular weight excluding hydrogens is 334 g/mol. The third-order valence-electron chi connectivity index (χ3n) is 4.70. The van der Waals surface area contributed by atoms with Gasteiger partial charge in [-0.15, -0.1) is 0 Å². The zero-order valence-corrected chi connectivity index (χ0v) is 16.3. The van der Waals surface area contributed by atoms with Gasteiger partial charge in [0.05, 0.1) is 18.5 Å². The fourth-order valence-electron chi connectivity index (χ4n) is 3.13. The summed E-state index contributed by atoms with van der Waals surface area (Å²) in [5.74, 6) is 0.899. The van der Waals surface area contributed by atoms with Crippen LogP contribution in [-0.4, -0.2) is 35.3 Å². The molecule has 1 N–H and O–H groups in total. The first kappa shape index (κ1) is 19.2. The topological polar surface area (TPSA) is 41.2 Å². The van der Waals surface area contributed by atoms with Crippen molar-refractivity contribution >= 4 is 0 Å². The zero-order chi connectivity index (χ0) is 18.9. The molecule has 0 aliphatic rings. The van der Waals surface area contributed by atoms with Gasteiger partial charge in [-0.1, -0.05) is 43.7 Å². The third-order valence-corrected chi connectivity index (χ3v) is 4.70. The van der Waals surface area contributed by atoms with Gasteiger partial charge in [0.25, 0.3) is 0 Å². The van der Waals surface area contributed by atoms with E-state index in [9.17, 15) is 0 Å². The predicted octanol–water partition coefficient (Wildman–Crippen LogP) is 4.93. The summed E-state index contributed by atoms with van der Waals surface area (Å²) in [5, 5.41) is 7.40. The highest BCUT2D eigenvalue weighted by molar-refractivity contribution is 5.63. The number of aromatic amines is 1. The van der Waals surface area contributed by atoms with E-state index in [0.29, 0.717) is 6.61 Å². The van der Waals surface area contributed by atoms with Crippen LogP contribution in [0.25, 0.3) is 11.3 Å². The molecule has 3 rings (SSSR count). The SMILES string of the molecule is CCCCN(C)Cc1cn[nH]c1-c1ccc(OCCc2ccccc2)cc1. The molecule has 0 radical (unpaired) electrons. The van der Waals surface area contributed by atoms with E-state index in [4.69, 9.17) is 4.74 Å². The van der Waals surface area contributed by atoms with Crippen molar-refractivity contribution in [2.75, 3.05) is 20.2 Å². The number of H-pyrrole nitrogens is 1. The lowest BCUT2D eigenvalue weighted by atomic mass is 10.1. The van der Waals surface area contributed by atoms with Crippen molar-refractivity contribution in [1.82, 2.24) is 15.1 Å². The quantitative estimate of drug-likeness (QED) is 0.555. The molecule has 0 saturated heterocycles. The minimum atomic E-state index is 0.681. The standard InChI is InChI=1S/C23H29N3O/c1-3-4-15-26(2)18-21-17-24-25-23(21)20-10-12-22(13-11-20)27-16-14-19-8-6-5-7-9-19/h5-13,17H,3-4,14-16,18H2,1-2H3,(H,24,25). The van der Waals surface area contributed by atoms with Gasteiger partial charge in [0.1, 0.15) is 5.75 Å². The summed E-state index contributed by atoms with van der Waals surface area (Å²) < 4.78 is 5.89. The molecule has 0 unspecified atom stereocenters. The first-order chi connectivity index (χ1) is 13.3. The number of hydrogen-bond acceptors (Lipinski definition) is 3. The fourth-order valence-corrected chi connectivity index (χ4v) is 3.13. The number of ether oxygens (including phenoxy) is 1. The van der Waals surface area contributed by atoms with Crippen LogP contribution in [0, 0.1) is 0 Å². The summed E-state index contributed by atoms with van der Waals surface area (Å²) in [5.41, 5.74) is 4.76. The Morgan fingerprint density at radius 1 is 1.04 bits per heavy atom. The second-order valence-corrected chi connectivity index (χ2v) is 6.97. The van der Waals surface area contributed by atoms with Crippen molar-refractivity contribution in [3.63, 3.8) is 0 Å². The zero-order valence-electron chi connectivity index (χ0n) is 16.3. The van der Waals surface area contributed by atoms with E-state index in [2.05, 4.69) is 65.5 Å². The van der Waals surface area contributed by atoms with Crippen LogP contribution in [0.15, 0.2) is 60.8 Å². The minimum absolute atomic E-state index is 0.681. The van der Waals surface area contributed by atoms with Gasteiger partial charge in [0.15, 0.2) is 0 Å². The fraction of sp³-hybridized carbons (Fsp3) is 0.348. The molecule has 0 fully saturated rings. The molecule has 27 heavy (non-hydrogen) atoms. The lowest BCUT2D eigenvalue weighted by Crippen LogP contribution is -2.19. The summed E-state index contributed by atoms with van der Waals surface area (Å²) in [7, 11) is 2.16. The van der Waals surface area contributed by atoms with Gasteiger partial charge < -0.3 is 9.64 Å². The highest BCUT2D eigenvalue weighted by atomic mass is 16.5. The number of hydrogen-bond donors (Lipinski definition) is 1. The van der Waals surface area contributed by atoms with Crippen molar-refractivity contribution in [1.29, 1.82) is 0 Å². The Balaban J connectivity index is 1.56. The van der Waals surface area contributed by atoms with E-state index in [1.807, 2.05) is 24.4 Å². The van der Waals surface area contributed by atoms with Crippen LogP contribution in [-0.2, 0) is 13.0 Å². The minimum Gasteiger partial charge on any atom is -0.493 e. The molecule has 4 heteroatoms. The molecule has 0 amide bonds. The first-order valence-corrected chi connectivity index (χ1v) is 9.74. The van der Waals surface area contributed by atoms with Crippen LogP contribution >= 0.6 is 0 Å². The molecule has 4 nitrogen and oxygen atoms in total. The number of unbranched alkanes of at least 4 members (excludes halogenated alkanes) is 1. The lowest BCUT2D eigenvalue weighted by molar-refractivity contribution is 0.321. The van der Waals surface area contributed by atoms with Crippen molar-refractivity contribution in [2.24, 2.45) is 0 Å². The Morgan fingerprint density at radius 2 is 1.81 bits per heavy atom. The summed E-state index contributed by atoms with van der Waals surface area (Å²) in [4.78, 5) is 2.35. The average Bonchev–Trinajstić information content (AvgIpc) is 3.16. The van der Waals surface area contributed by atoms with E-state index in [1.54, 1.807) is 0 Å². The smallest absolute Gasteiger partial charge is 0.119 e. The van der Waals surface area contributed by atoms with E-state index in [0.717, 1.165) is 36.5 Å². The molecule has 0 bridgehead atoms. The largest absolute Gasteiger partial charge is 0.493 e. The highest BCUT2D eigenvalue weighted by Gasteiger charge is 2.10. The van der Waals surface area contributed by atoms with Crippen LogP contribution in [0.4, 0.5) is 0 Å². The molecule has 1 heterocycles. The molecule has 0 saturated carbocycles.